The van der Waals surface area contributed by atoms with Crippen LogP contribution in [-0.2, 0) is 9.78 Å². The van der Waals surface area contributed by atoms with E-state index in [4.69, 9.17) is 10.2 Å². The van der Waals surface area contributed by atoms with E-state index in [2.05, 4.69) is 9.78 Å². The predicted molar refractivity (Wildman–Crippen MR) is 25.9 cm³/mol. The number of aliphatic hydroxyl groups excluding tert-OH is 1. The van der Waals surface area contributed by atoms with Crippen molar-refractivity contribution in [3.05, 3.63) is 0 Å². The molecule has 0 amide bonds. The molecule has 0 aromatic heterocycles. The van der Waals surface area contributed by atoms with E-state index in [0.717, 1.165) is 0 Å². The molecule has 1 aliphatic rings. The monoisotopic (exact) mass is 130 g/mol. The van der Waals surface area contributed by atoms with Gasteiger partial charge in [0.25, 0.3) is 0 Å². The summed E-state index contributed by atoms with van der Waals surface area (Å²) in [5, 5.41) is 17.0. The summed E-state index contributed by atoms with van der Waals surface area (Å²) >= 11 is 0. The molecule has 5 heteroatoms. The SMILES string of the molecule is CC(O)C1(O)OO1.[NaH]. The minimum absolute atomic E-state index is 0. The fourth-order valence-corrected chi connectivity index (χ4v) is 0.182. The quantitative estimate of drug-likeness (QED) is 0.253. The molecule has 0 spiro atoms. The summed E-state index contributed by atoms with van der Waals surface area (Å²) in [5.41, 5.74) is 0. The van der Waals surface area contributed by atoms with Crippen molar-refractivity contribution < 1.29 is 20.0 Å². The van der Waals surface area contributed by atoms with Gasteiger partial charge in [-0.25, -0.2) is 0 Å². The average molecular weight is 130 g/mol. The molecular formula is C3H7NaO4. The van der Waals surface area contributed by atoms with Crippen molar-refractivity contribution >= 4 is 29.6 Å². The van der Waals surface area contributed by atoms with E-state index in [1.807, 2.05) is 0 Å². The van der Waals surface area contributed by atoms with Crippen LogP contribution in [0.5, 0.6) is 0 Å². The Labute approximate surface area is 68.6 Å². The van der Waals surface area contributed by atoms with Gasteiger partial charge in [-0.2, -0.15) is 9.78 Å². The molecule has 1 aliphatic heterocycles. The maximum atomic E-state index is 8.51. The molecule has 1 fully saturated rings. The van der Waals surface area contributed by atoms with Crippen molar-refractivity contribution in [3.63, 3.8) is 0 Å². The molecule has 8 heavy (non-hydrogen) atoms. The van der Waals surface area contributed by atoms with Gasteiger partial charge >= 0.3 is 35.5 Å². The molecule has 0 bridgehead atoms. The van der Waals surface area contributed by atoms with E-state index < -0.39 is 12.1 Å². The summed E-state index contributed by atoms with van der Waals surface area (Å²) in [4.78, 5) is 7.93. The van der Waals surface area contributed by atoms with Gasteiger partial charge in [0.2, 0.25) is 0 Å². The Morgan fingerprint density at radius 2 is 1.88 bits per heavy atom. The summed E-state index contributed by atoms with van der Waals surface area (Å²) in [6.07, 6.45) is -0.979. The van der Waals surface area contributed by atoms with Crippen LogP contribution in [0.4, 0.5) is 0 Å². The van der Waals surface area contributed by atoms with Gasteiger partial charge in [-0.15, -0.1) is 0 Å². The molecule has 1 atom stereocenters. The first-order chi connectivity index (χ1) is 3.15. The summed E-state index contributed by atoms with van der Waals surface area (Å²) in [5.74, 6) is -1.69. The molecule has 0 aliphatic carbocycles. The van der Waals surface area contributed by atoms with Crippen LogP contribution in [0, 0.1) is 0 Å². The number of hydrogen-bond donors (Lipinski definition) is 2. The Bertz CT molecular complexity index is 79.4. The van der Waals surface area contributed by atoms with Gasteiger partial charge in [-0.1, -0.05) is 0 Å². The number of rotatable bonds is 1. The third-order valence-electron chi connectivity index (χ3n) is 0.782. The van der Waals surface area contributed by atoms with Gasteiger partial charge in [0.05, 0.1) is 0 Å². The van der Waals surface area contributed by atoms with Crippen molar-refractivity contribution in [2.45, 2.75) is 19.0 Å². The average Bonchev–Trinajstić information content (AvgIpc) is 2.21. The van der Waals surface area contributed by atoms with Gasteiger partial charge in [-0.05, 0) is 6.92 Å². The zero-order valence-electron chi connectivity index (χ0n) is 3.79. The number of hydrogen-bond acceptors (Lipinski definition) is 4. The zero-order chi connectivity index (χ0) is 5.49. The van der Waals surface area contributed by atoms with E-state index >= 15 is 0 Å². The third-order valence-corrected chi connectivity index (χ3v) is 0.782. The third kappa shape index (κ3) is 1.66. The first-order valence-corrected chi connectivity index (χ1v) is 1.92. The van der Waals surface area contributed by atoms with Crippen molar-refractivity contribution in [1.29, 1.82) is 0 Å². The van der Waals surface area contributed by atoms with Crippen LogP contribution >= 0.6 is 0 Å². The Hall–Kier alpha value is 0.840. The molecule has 4 nitrogen and oxygen atoms in total. The maximum absolute atomic E-state index is 8.51. The van der Waals surface area contributed by atoms with Crippen LogP contribution in [0.15, 0.2) is 0 Å². The standard InChI is InChI=1S/C3H6O4.Na.H/c1-2(4)3(5)6-7-3;;/h2,4-5H,1H3;;. The van der Waals surface area contributed by atoms with Crippen molar-refractivity contribution in [2.75, 3.05) is 0 Å². The van der Waals surface area contributed by atoms with Gasteiger partial charge in [0.1, 0.15) is 6.10 Å². The molecule has 1 unspecified atom stereocenters. The normalized spacial score (nSPS) is 25.9. The Morgan fingerprint density at radius 1 is 1.50 bits per heavy atom. The van der Waals surface area contributed by atoms with Crippen LogP contribution in [0.1, 0.15) is 6.92 Å². The molecule has 2 N–H and O–H groups in total. The molecule has 1 heterocycles. The van der Waals surface area contributed by atoms with Crippen LogP contribution < -0.4 is 0 Å². The van der Waals surface area contributed by atoms with Crippen molar-refractivity contribution in [2.24, 2.45) is 0 Å². The Balaban J connectivity index is 0.000000490. The summed E-state index contributed by atoms with van der Waals surface area (Å²) in [7, 11) is 0. The van der Waals surface area contributed by atoms with Crippen LogP contribution in [0.2, 0.25) is 0 Å². The molecule has 44 valence electrons. The molecule has 0 aromatic carbocycles. The van der Waals surface area contributed by atoms with E-state index in [9.17, 15) is 0 Å². The van der Waals surface area contributed by atoms with Crippen LogP contribution in [0.25, 0.3) is 0 Å². The fourth-order valence-electron chi connectivity index (χ4n) is 0.182. The van der Waals surface area contributed by atoms with E-state index in [-0.39, 0.29) is 29.6 Å². The van der Waals surface area contributed by atoms with E-state index in [1.54, 1.807) is 0 Å². The van der Waals surface area contributed by atoms with Crippen molar-refractivity contribution in [1.82, 2.24) is 0 Å². The molecule has 0 saturated carbocycles. The zero-order valence-corrected chi connectivity index (χ0v) is 3.79. The molecular weight excluding hydrogens is 123 g/mol. The molecule has 1 saturated heterocycles. The topological polar surface area (TPSA) is 65.5 Å². The Kier molecular flexibility index (Phi) is 2.89. The summed E-state index contributed by atoms with van der Waals surface area (Å²) in [6, 6.07) is 0. The van der Waals surface area contributed by atoms with Crippen LogP contribution in [0.3, 0.4) is 0 Å². The second-order valence-corrected chi connectivity index (χ2v) is 1.47. The predicted octanol–water partition coefficient (Wildman–Crippen LogP) is -1.67. The molecule has 1 rings (SSSR count). The molecule has 0 aromatic rings. The minimum atomic E-state index is -1.69. The van der Waals surface area contributed by atoms with Gasteiger partial charge < -0.3 is 10.2 Å². The van der Waals surface area contributed by atoms with Crippen molar-refractivity contribution in [3.8, 4) is 0 Å². The van der Waals surface area contributed by atoms with Gasteiger partial charge in [0, 0.05) is 0 Å². The second-order valence-electron chi connectivity index (χ2n) is 1.47. The first kappa shape index (κ1) is 8.84. The van der Waals surface area contributed by atoms with E-state index in [0.29, 0.717) is 0 Å². The van der Waals surface area contributed by atoms with E-state index in [1.165, 1.54) is 6.92 Å². The second kappa shape index (κ2) is 2.62. The number of aliphatic hydroxyl groups is 2. The van der Waals surface area contributed by atoms with Gasteiger partial charge in [0.15, 0.2) is 0 Å². The summed E-state index contributed by atoms with van der Waals surface area (Å²) in [6.45, 7) is 1.37. The fraction of sp³-hybridized carbons (Fsp3) is 1.00. The Morgan fingerprint density at radius 3 is 1.88 bits per heavy atom. The van der Waals surface area contributed by atoms with Crippen LogP contribution in [-0.4, -0.2) is 51.8 Å². The molecule has 0 radical (unpaired) electrons. The van der Waals surface area contributed by atoms with Gasteiger partial charge in [-0.3, -0.25) is 0 Å². The summed E-state index contributed by atoms with van der Waals surface area (Å²) < 4.78 is 0. The first-order valence-electron chi connectivity index (χ1n) is 1.92.